The largest absolute Gasteiger partial charge is 0.489 e. The van der Waals surface area contributed by atoms with Crippen LogP contribution in [-0.2, 0) is 16.0 Å². The highest BCUT2D eigenvalue weighted by Gasteiger charge is 2.20. The number of hydrogen-bond donors (Lipinski definition) is 0. The maximum absolute atomic E-state index is 11.3. The molecule has 0 amide bonds. The maximum atomic E-state index is 11.3. The summed E-state index contributed by atoms with van der Waals surface area (Å²) in [6, 6.07) is 8.39. The van der Waals surface area contributed by atoms with Crippen molar-refractivity contribution in [3.63, 3.8) is 0 Å². The van der Waals surface area contributed by atoms with Crippen LogP contribution < -0.4 is 4.74 Å². The summed E-state index contributed by atoms with van der Waals surface area (Å²) in [5.41, 5.74) is 1.15. The van der Waals surface area contributed by atoms with Gasteiger partial charge in [-0.15, -0.1) is 0 Å². The fraction of sp³-hybridized carbons (Fsp3) is 0.500. The molecule has 0 spiro atoms. The number of carbonyl (C=O) groups is 1. The van der Waals surface area contributed by atoms with E-state index in [4.69, 9.17) is 9.47 Å². The van der Waals surface area contributed by atoms with Gasteiger partial charge in [-0.1, -0.05) is 30.4 Å². The molecule has 0 bridgehead atoms. The Balaban J connectivity index is 2.19. The molecule has 4 nitrogen and oxygen atoms in total. The molecule has 1 aliphatic rings. The van der Waals surface area contributed by atoms with E-state index >= 15 is 0 Å². The van der Waals surface area contributed by atoms with E-state index in [1.165, 1.54) is 6.92 Å². The third-order valence-corrected chi connectivity index (χ3v) is 3.74. The number of nitrogens with zero attached hydrogens (tertiary/aromatic N) is 1. The molecule has 1 aromatic rings. The molecule has 0 fully saturated rings. The lowest BCUT2D eigenvalue weighted by Gasteiger charge is -2.29. The number of fused-ring (bicyclic) bond motifs is 1. The minimum absolute atomic E-state index is 0.264. The molecule has 0 aliphatic carbocycles. The number of carbonyl (C=O) groups excluding carboxylic acids is 1. The zero-order valence-electron chi connectivity index (χ0n) is 13.6. The second-order valence-corrected chi connectivity index (χ2v) is 5.87. The summed E-state index contributed by atoms with van der Waals surface area (Å²) < 4.78 is 11.4. The average Bonchev–Trinajstić information content (AvgIpc) is 2.50. The van der Waals surface area contributed by atoms with Gasteiger partial charge in [0, 0.05) is 26.1 Å². The van der Waals surface area contributed by atoms with E-state index in [0.717, 1.165) is 24.3 Å². The topological polar surface area (TPSA) is 38.8 Å². The van der Waals surface area contributed by atoms with Crippen molar-refractivity contribution in [2.75, 3.05) is 19.7 Å². The second-order valence-electron chi connectivity index (χ2n) is 5.87. The number of hydrogen-bond acceptors (Lipinski definition) is 4. The fourth-order valence-corrected chi connectivity index (χ4v) is 2.53. The van der Waals surface area contributed by atoms with Crippen LogP contribution in [-0.4, -0.2) is 42.7 Å². The predicted octanol–water partition coefficient (Wildman–Crippen LogP) is 2.82. The molecule has 4 heteroatoms. The van der Waals surface area contributed by atoms with Gasteiger partial charge in [0.2, 0.25) is 0 Å². The van der Waals surface area contributed by atoms with Crippen LogP contribution in [0.1, 0.15) is 26.3 Å². The minimum atomic E-state index is -0.268. The van der Waals surface area contributed by atoms with Gasteiger partial charge in [-0.2, -0.15) is 0 Å². The number of ether oxygens (including phenoxy) is 2. The lowest BCUT2D eigenvalue weighted by atomic mass is 10.1. The smallest absolute Gasteiger partial charge is 0.303 e. The number of rotatable bonds is 2. The van der Waals surface area contributed by atoms with Crippen LogP contribution in [0.2, 0.25) is 0 Å². The molecule has 1 unspecified atom stereocenters. The van der Waals surface area contributed by atoms with E-state index in [-0.39, 0.29) is 12.1 Å². The Morgan fingerprint density at radius 3 is 2.82 bits per heavy atom. The molecule has 1 aromatic carbocycles. The number of allylic oxidation sites excluding steroid dienone is 1. The third-order valence-electron chi connectivity index (χ3n) is 3.74. The van der Waals surface area contributed by atoms with Gasteiger partial charge in [-0.3, -0.25) is 9.69 Å². The average molecular weight is 303 g/mol. The summed E-state index contributed by atoms with van der Waals surface area (Å²) in [6.07, 6.45) is 4.93. The van der Waals surface area contributed by atoms with E-state index in [1.807, 2.05) is 18.2 Å². The zero-order chi connectivity index (χ0) is 15.9. The van der Waals surface area contributed by atoms with Gasteiger partial charge in [-0.05, 0) is 31.9 Å². The zero-order valence-corrected chi connectivity index (χ0v) is 13.6. The van der Waals surface area contributed by atoms with Crippen molar-refractivity contribution in [1.29, 1.82) is 0 Å². The van der Waals surface area contributed by atoms with Crippen molar-refractivity contribution in [2.45, 2.75) is 39.3 Å². The first kappa shape index (κ1) is 16.6. The van der Waals surface area contributed by atoms with Crippen LogP contribution in [0.15, 0.2) is 36.4 Å². The molecule has 0 aromatic heterocycles. The standard InChI is InChI=1S/C18H25NO3/c1-14(2)19-11-7-6-9-16-8-4-5-10-18(16)21-13-17(12-19)22-15(3)20/h4-8,10,14,17H,9,11-13H2,1-3H3/b7-6+. The van der Waals surface area contributed by atoms with E-state index < -0.39 is 0 Å². The van der Waals surface area contributed by atoms with E-state index in [9.17, 15) is 4.79 Å². The molecule has 2 rings (SSSR count). The Morgan fingerprint density at radius 2 is 2.09 bits per heavy atom. The van der Waals surface area contributed by atoms with Crippen molar-refractivity contribution < 1.29 is 14.3 Å². The van der Waals surface area contributed by atoms with Crippen molar-refractivity contribution in [3.05, 3.63) is 42.0 Å². The van der Waals surface area contributed by atoms with Crippen molar-refractivity contribution in [1.82, 2.24) is 4.90 Å². The van der Waals surface area contributed by atoms with Crippen molar-refractivity contribution in [3.8, 4) is 5.75 Å². The highest BCUT2D eigenvalue weighted by Crippen LogP contribution is 2.20. The first-order valence-corrected chi connectivity index (χ1v) is 7.83. The van der Waals surface area contributed by atoms with Crippen LogP contribution in [0.4, 0.5) is 0 Å². The molecule has 1 heterocycles. The van der Waals surface area contributed by atoms with Crippen LogP contribution >= 0.6 is 0 Å². The normalized spacial score (nSPS) is 21.4. The number of benzene rings is 1. The van der Waals surface area contributed by atoms with Gasteiger partial charge >= 0.3 is 5.97 Å². The molecule has 22 heavy (non-hydrogen) atoms. The van der Waals surface area contributed by atoms with Crippen LogP contribution in [0.5, 0.6) is 5.75 Å². The molecular weight excluding hydrogens is 278 g/mol. The molecule has 120 valence electrons. The van der Waals surface area contributed by atoms with E-state index in [0.29, 0.717) is 19.2 Å². The monoisotopic (exact) mass is 303 g/mol. The van der Waals surface area contributed by atoms with Crippen LogP contribution in [0.25, 0.3) is 0 Å². The van der Waals surface area contributed by atoms with Crippen LogP contribution in [0, 0.1) is 0 Å². The Hall–Kier alpha value is -1.81. The summed E-state index contributed by atoms with van der Waals surface area (Å²) >= 11 is 0. The third kappa shape index (κ3) is 4.88. The number of para-hydroxylation sites is 1. The quantitative estimate of drug-likeness (QED) is 0.622. The summed E-state index contributed by atoms with van der Waals surface area (Å²) in [5, 5.41) is 0. The van der Waals surface area contributed by atoms with E-state index in [1.54, 1.807) is 0 Å². The molecule has 0 N–H and O–H groups in total. The van der Waals surface area contributed by atoms with Gasteiger partial charge in [0.05, 0.1) is 0 Å². The fourth-order valence-electron chi connectivity index (χ4n) is 2.53. The molecule has 1 aliphatic heterocycles. The highest BCUT2D eigenvalue weighted by atomic mass is 16.6. The molecule has 0 radical (unpaired) electrons. The molecule has 0 saturated heterocycles. The SMILES string of the molecule is CC(=O)OC1COc2ccccc2C/C=C/CN(C(C)C)C1. The van der Waals surface area contributed by atoms with Crippen molar-refractivity contribution in [2.24, 2.45) is 0 Å². The van der Waals surface area contributed by atoms with E-state index in [2.05, 4.69) is 37.0 Å². The van der Waals surface area contributed by atoms with Gasteiger partial charge in [0.1, 0.15) is 18.5 Å². The first-order chi connectivity index (χ1) is 10.6. The summed E-state index contributed by atoms with van der Waals surface area (Å²) in [4.78, 5) is 13.6. The summed E-state index contributed by atoms with van der Waals surface area (Å²) in [7, 11) is 0. The summed E-state index contributed by atoms with van der Waals surface area (Å²) in [6.45, 7) is 7.63. The minimum Gasteiger partial charge on any atom is -0.489 e. The summed E-state index contributed by atoms with van der Waals surface area (Å²) in [5.74, 6) is 0.596. The van der Waals surface area contributed by atoms with Gasteiger partial charge in [0.25, 0.3) is 0 Å². The second kappa shape index (κ2) is 7.99. The lowest BCUT2D eigenvalue weighted by molar-refractivity contribution is -0.149. The van der Waals surface area contributed by atoms with Gasteiger partial charge in [-0.25, -0.2) is 0 Å². The Bertz CT molecular complexity index is 525. The lowest BCUT2D eigenvalue weighted by Crippen LogP contribution is -2.41. The first-order valence-electron chi connectivity index (χ1n) is 7.83. The Morgan fingerprint density at radius 1 is 1.32 bits per heavy atom. The van der Waals surface area contributed by atoms with Gasteiger partial charge in [0.15, 0.2) is 0 Å². The molecule has 1 atom stereocenters. The highest BCUT2D eigenvalue weighted by molar-refractivity contribution is 5.66. The maximum Gasteiger partial charge on any atom is 0.303 e. The molecule has 0 saturated carbocycles. The van der Waals surface area contributed by atoms with Crippen molar-refractivity contribution >= 4 is 5.97 Å². The van der Waals surface area contributed by atoms with Crippen LogP contribution in [0.3, 0.4) is 0 Å². The Labute approximate surface area is 132 Å². The number of esters is 1. The Kier molecular flexibility index (Phi) is 6.01. The molecular formula is C18H25NO3. The predicted molar refractivity (Wildman–Crippen MR) is 87.0 cm³/mol. The van der Waals surface area contributed by atoms with Gasteiger partial charge < -0.3 is 9.47 Å².